The Morgan fingerprint density at radius 3 is 2.89 bits per heavy atom. The average molecular weight is 260 g/mol. The molecule has 0 radical (unpaired) electrons. The fourth-order valence-electron chi connectivity index (χ4n) is 2.88. The first-order valence-electron chi connectivity index (χ1n) is 7.21. The molecule has 0 aromatic heterocycles. The Hall–Kier alpha value is -1.35. The van der Waals surface area contributed by atoms with E-state index in [-0.39, 0.29) is 5.91 Å². The number of hydrogen-bond acceptors (Lipinski definition) is 2. The van der Waals surface area contributed by atoms with Gasteiger partial charge < -0.3 is 10.6 Å². The molecule has 0 saturated carbocycles. The smallest absolute Gasteiger partial charge is 0.254 e. The topological polar surface area (TPSA) is 46.3 Å². The van der Waals surface area contributed by atoms with Crippen LogP contribution >= 0.6 is 0 Å². The summed E-state index contributed by atoms with van der Waals surface area (Å²) in [5.74, 6) is 0.180. The third kappa shape index (κ3) is 3.16. The summed E-state index contributed by atoms with van der Waals surface area (Å²) in [7, 11) is 0. The molecule has 1 aromatic rings. The van der Waals surface area contributed by atoms with Crippen molar-refractivity contribution in [1.82, 2.24) is 4.90 Å². The summed E-state index contributed by atoms with van der Waals surface area (Å²) < 4.78 is 0. The maximum Gasteiger partial charge on any atom is 0.254 e. The van der Waals surface area contributed by atoms with Gasteiger partial charge in [0.25, 0.3) is 5.91 Å². The van der Waals surface area contributed by atoms with Crippen LogP contribution in [0.15, 0.2) is 18.2 Å². The fraction of sp³-hybridized carbons (Fsp3) is 0.562. The number of piperidine rings is 1. The predicted molar refractivity (Wildman–Crippen MR) is 78.3 cm³/mol. The maximum absolute atomic E-state index is 12.7. The second-order valence-corrected chi connectivity index (χ2v) is 5.54. The Kier molecular flexibility index (Phi) is 4.59. The van der Waals surface area contributed by atoms with Crippen LogP contribution in [0.4, 0.5) is 0 Å². The molecule has 2 N–H and O–H groups in total. The monoisotopic (exact) mass is 260 g/mol. The highest BCUT2D eigenvalue weighted by atomic mass is 16.2. The highest BCUT2D eigenvalue weighted by Crippen LogP contribution is 2.23. The van der Waals surface area contributed by atoms with Crippen LogP contribution in [0, 0.1) is 13.8 Å². The number of nitrogens with two attached hydrogens (primary N) is 1. The average Bonchev–Trinajstić information content (AvgIpc) is 2.42. The number of carbonyl (C=O) groups is 1. The summed E-state index contributed by atoms with van der Waals surface area (Å²) in [6.07, 6.45) is 4.32. The van der Waals surface area contributed by atoms with Crippen LogP contribution in [-0.2, 0) is 0 Å². The van der Waals surface area contributed by atoms with Gasteiger partial charge in [-0.1, -0.05) is 17.7 Å². The zero-order chi connectivity index (χ0) is 13.8. The number of carbonyl (C=O) groups excluding carboxylic acids is 1. The Morgan fingerprint density at radius 2 is 2.16 bits per heavy atom. The zero-order valence-electron chi connectivity index (χ0n) is 12.0. The van der Waals surface area contributed by atoms with Crippen LogP contribution in [0.5, 0.6) is 0 Å². The van der Waals surface area contributed by atoms with E-state index in [2.05, 4.69) is 6.07 Å². The third-order valence-electron chi connectivity index (χ3n) is 4.01. The minimum atomic E-state index is 0.180. The lowest BCUT2D eigenvalue weighted by atomic mass is 9.96. The van der Waals surface area contributed by atoms with Gasteiger partial charge in [0.05, 0.1) is 0 Å². The largest absolute Gasteiger partial charge is 0.336 e. The van der Waals surface area contributed by atoms with Gasteiger partial charge in [0.15, 0.2) is 0 Å². The van der Waals surface area contributed by atoms with Crippen LogP contribution in [0.2, 0.25) is 0 Å². The van der Waals surface area contributed by atoms with E-state index in [0.29, 0.717) is 12.6 Å². The molecule has 0 aliphatic carbocycles. The van der Waals surface area contributed by atoms with Gasteiger partial charge in [0, 0.05) is 18.2 Å². The summed E-state index contributed by atoms with van der Waals surface area (Å²) in [5, 5.41) is 0. The van der Waals surface area contributed by atoms with E-state index >= 15 is 0 Å². The first-order valence-corrected chi connectivity index (χ1v) is 7.21. The zero-order valence-corrected chi connectivity index (χ0v) is 12.0. The lowest BCUT2D eigenvalue weighted by molar-refractivity contribution is 0.0604. The molecule has 1 fully saturated rings. The van der Waals surface area contributed by atoms with Crippen molar-refractivity contribution in [1.29, 1.82) is 0 Å². The molecule has 1 heterocycles. The van der Waals surface area contributed by atoms with E-state index in [9.17, 15) is 4.79 Å². The van der Waals surface area contributed by atoms with Crippen molar-refractivity contribution in [2.45, 2.75) is 45.6 Å². The maximum atomic E-state index is 12.7. The van der Waals surface area contributed by atoms with Gasteiger partial charge in [-0.3, -0.25) is 4.79 Å². The Labute approximate surface area is 115 Å². The van der Waals surface area contributed by atoms with Crippen molar-refractivity contribution in [3.05, 3.63) is 34.9 Å². The number of hydrogen-bond donors (Lipinski definition) is 1. The SMILES string of the molecule is Cc1ccc(C)c(C(=O)N2CCCCC2CCN)c1. The normalized spacial score (nSPS) is 19.5. The molecule has 1 aliphatic rings. The highest BCUT2D eigenvalue weighted by molar-refractivity contribution is 5.96. The van der Waals surface area contributed by atoms with Crippen molar-refractivity contribution < 1.29 is 4.79 Å². The van der Waals surface area contributed by atoms with E-state index < -0.39 is 0 Å². The number of benzene rings is 1. The van der Waals surface area contributed by atoms with Crippen molar-refractivity contribution in [2.24, 2.45) is 5.73 Å². The molecule has 1 amide bonds. The van der Waals surface area contributed by atoms with Crippen molar-refractivity contribution in [3.63, 3.8) is 0 Å². The van der Waals surface area contributed by atoms with Gasteiger partial charge in [-0.05, 0) is 57.7 Å². The molecule has 104 valence electrons. The predicted octanol–water partition coefficient (Wildman–Crippen LogP) is 2.65. The Balaban J connectivity index is 2.23. The molecule has 19 heavy (non-hydrogen) atoms. The Bertz CT molecular complexity index is 454. The van der Waals surface area contributed by atoms with Crippen molar-refractivity contribution in [2.75, 3.05) is 13.1 Å². The second kappa shape index (κ2) is 6.20. The van der Waals surface area contributed by atoms with E-state index in [0.717, 1.165) is 42.5 Å². The van der Waals surface area contributed by atoms with Gasteiger partial charge in [-0.2, -0.15) is 0 Å². The summed E-state index contributed by atoms with van der Waals surface area (Å²) in [6, 6.07) is 6.42. The van der Waals surface area contributed by atoms with Crippen LogP contribution in [0.25, 0.3) is 0 Å². The van der Waals surface area contributed by atoms with Gasteiger partial charge >= 0.3 is 0 Å². The number of aryl methyl sites for hydroxylation is 2. The molecular formula is C16H24N2O. The Morgan fingerprint density at radius 1 is 1.37 bits per heavy atom. The number of rotatable bonds is 3. The van der Waals surface area contributed by atoms with E-state index in [4.69, 9.17) is 5.73 Å². The third-order valence-corrected chi connectivity index (χ3v) is 4.01. The second-order valence-electron chi connectivity index (χ2n) is 5.54. The molecule has 1 atom stereocenters. The van der Waals surface area contributed by atoms with Crippen LogP contribution in [-0.4, -0.2) is 29.9 Å². The quantitative estimate of drug-likeness (QED) is 0.908. The number of likely N-dealkylation sites (tertiary alicyclic amines) is 1. The van der Waals surface area contributed by atoms with E-state index in [1.807, 2.05) is 30.9 Å². The van der Waals surface area contributed by atoms with Gasteiger partial charge in [-0.25, -0.2) is 0 Å². The van der Waals surface area contributed by atoms with Crippen LogP contribution in [0.1, 0.15) is 47.2 Å². The molecule has 1 aliphatic heterocycles. The molecular weight excluding hydrogens is 236 g/mol. The van der Waals surface area contributed by atoms with E-state index in [1.54, 1.807) is 0 Å². The van der Waals surface area contributed by atoms with E-state index in [1.165, 1.54) is 6.42 Å². The van der Waals surface area contributed by atoms with Gasteiger partial charge in [0.2, 0.25) is 0 Å². The number of amides is 1. The van der Waals surface area contributed by atoms with Crippen LogP contribution in [0.3, 0.4) is 0 Å². The lowest BCUT2D eigenvalue weighted by Crippen LogP contribution is -2.44. The molecule has 2 rings (SSSR count). The summed E-state index contributed by atoms with van der Waals surface area (Å²) in [5.41, 5.74) is 8.73. The van der Waals surface area contributed by atoms with Crippen molar-refractivity contribution >= 4 is 5.91 Å². The van der Waals surface area contributed by atoms with Gasteiger partial charge in [-0.15, -0.1) is 0 Å². The standard InChI is InChI=1S/C16H24N2O/c1-12-6-7-13(2)15(11-12)16(19)18-10-4-3-5-14(18)8-9-17/h6-7,11,14H,3-5,8-10,17H2,1-2H3. The minimum Gasteiger partial charge on any atom is -0.336 e. The first-order chi connectivity index (χ1) is 9.13. The first kappa shape index (κ1) is 14.1. The summed E-state index contributed by atoms with van der Waals surface area (Å²) in [4.78, 5) is 14.8. The fourth-order valence-corrected chi connectivity index (χ4v) is 2.88. The van der Waals surface area contributed by atoms with Crippen molar-refractivity contribution in [3.8, 4) is 0 Å². The highest BCUT2D eigenvalue weighted by Gasteiger charge is 2.27. The molecule has 0 bridgehead atoms. The molecule has 1 aromatic carbocycles. The molecule has 1 saturated heterocycles. The molecule has 3 nitrogen and oxygen atoms in total. The summed E-state index contributed by atoms with van der Waals surface area (Å²) >= 11 is 0. The molecule has 0 spiro atoms. The molecule has 3 heteroatoms. The minimum absolute atomic E-state index is 0.180. The lowest BCUT2D eigenvalue weighted by Gasteiger charge is -2.36. The summed E-state index contributed by atoms with van der Waals surface area (Å²) in [6.45, 7) is 5.57. The van der Waals surface area contributed by atoms with Gasteiger partial charge in [0.1, 0.15) is 0 Å². The molecule has 1 unspecified atom stereocenters. The van der Waals surface area contributed by atoms with Crippen LogP contribution < -0.4 is 5.73 Å². The number of nitrogens with zero attached hydrogens (tertiary/aromatic N) is 1.